The number of carbonyl (C=O) groups excluding carboxylic acids is 1. The third-order valence-electron chi connectivity index (χ3n) is 7.16. The van der Waals surface area contributed by atoms with Gasteiger partial charge >= 0.3 is 5.97 Å². The lowest BCUT2D eigenvalue weighted by Gasteiger charge is -2.31. The molecule has 1 amide bonds. The molecule has 5 heterocycles. The number of aryl methyl sites for hydroxylation is 2. The number of nitrogens with one attached hydrogen (secondary N) is 3. The molecule has 1 aliphatic heterocycles. The van der Waals surface area contributed by atoms with Crippen LogP contribution in [-0.4, -0.2) is 76.8 Å². The van der Waals surface area contributed by atoms with Gasteiger partial charge in [0.25, 0.3) is 5.91 Å². The van der Waals surface area contributed by atoms with Gasteiger partial charge in [-0.25, -0.2) is 14.5 Å². The number of likely N-dealkylation sites (tertiary alicyclic amines) is 1. The first kappa shape index (κ1) is 26.9. The second kappa shape index (κ2) is 10.8. The third-order valence-corrected chi connectivity index (χ3v) is 7.16. The Hall–Kier alpha value is -4.65. The van der Waals surface area contributed by atoms with Crippen LogP contribution in [0.4, 0.5) is 23.1 Å². The Balaban J connectivity index is 1.29. The molecule has 0 unspecified atom stereocenters. The number of hydrogen-bond donors (Lipinski definition) is 4. The molecule has 1 saturated heterocycles. The zero-order chi connectivity index (χ0) is 28.4. The van der Waals surface area contributed by atoms with Crippen LogP contribution in [0.3, 0.4) is 0 Å². The Kier molecular flexibility index (Phi) is 7.30. The van der Waals surface area contributed by atoms with Gasteiger partial charge in [0, 0.05) is 44.3 Å². The Morgan fingerprint density at radius 3 is 2.65 bits per heavy atom. The summed E-state index contributed by atoms with van der Waals surface area (Å²) in [6, 6.07) is 3.21. The standard InChI is InChI=1S/C27H32N10O3/c1-16-21(11-17(13-30-16)24(38)29-7-9-37-8-5-6-27(37,2)3)33-22-20-15-31-26(34-23(20)36(4)35-22)32-19-10-18(25(39)40)12-28-14-19/h10-15H,5-9H2,1-4H3,(H,29,38)(H,33,35)(H,39,40)(H,31,32,34). The van der Waals surface area contributed by atoms with Gasteiger partial charge in [0.2, 0.25) is 5.95 Å². The van der Waals surface area contributed by atoms with E-state index in [9.17, 15) is 14.7 Å². The minimum atomic E-state index is -1.08. The molecule has 0 atom stereocenters. The molecular formula is C27H32N10O3. The molecule has 4 N–H and O–H groups in total. The van der Waals surface area contributed by atoms with E-state index in [1.165, 1.54) is 31.3 Å². The van der Waals surface area contributed by atoms with Crippen LogP contribution in [0.5, 0.6) is 0 Å². The van der Waals surface area contributed by atoms with Crippen LogP contribution in [0.25, 0.3) is 11.0 Å². The highest BCUT2D eigenvalue weighted by Crippen LogP contribution is 2.28. The van der Waals surface area contributed by atoms with Gasteiger partial charge in [-0.2, -0.15) is 10.1 Å². The Labute approximate surface area is 231 Å². The van der Waals surface area contributed by atoms with Crippen LogP contribution in [0.2, 0.25) is 0 Å². The summed E-state index contributed by atoms with van der Waals surface area (Å²) >= 11 is 0. The van der Waals surface area contributed by atoms with E-state index in [2.05, 4.69) is 59.7 Å². The summed E-state index contributed by atoms with van der Waals surface area (Å²) in [6.45, 7) is 8.76. The number of carboxylic acid groups (broad SMARTS) is 1. The fourth-order valence-electron chi connectivity index (χ4n) is 4.84. The topological polar surface area (TPSA) is 163 Å². The van der Waals surface area contributed by atoms with Crippen molar-refractivity contribution < 1.29 is 14.7 Å². The normalized spacial score (nSPS) is 14.8. The van der Waals surface area contributed by atoms with E-state index < -0.39 is 5.97 Å². The number of rotatable bonds is 9. The van der Waals surface area contributed by atoms with E-state index in [1.807, 2.05) is 6.92 Å². The van der Waals surface area contributed by atoms with Crippen LogP contribution in [-0.2, 0) is 7.05 Å². The van der Waals surface area contributed by atoms with E-state index in [0.29, 0.717) is 46.0 Å². The zero-order valence-electron chi connectivity index (χ0n) is 22.9. The molecule has 208 valence electrons. The maximum Gasteiger partial charge on any atom is 0.337 e. The van der Waals surface area contributed by atoms with E-state index in [-0.39, 0.29) is 23.0 Å². The summed E-state index contributed by atoms with van der Waals surface area (Å²) < 4.78 is 1.61. The van der Waals surface area contributed by atoms with Crippen LogP contribution in [0.1, 0.15) is 53.1 Å². The van der Waals surface area contributed by atoms with E-state index in [1.54, 1.807) is 30.2 Å². The van der Waals surface area contributed by atoms with Crippen molar-refractivity contribution in [1.29, 1.82) is 0 Å². The fraction of sp³-hybridized carbons (Fsp3) is 0.370. The maximum absolute atomic E-state index is 12.9. The molecule has 4 aromatic rings. The Bertz CT molecular complexity index is 1580. The van der Waals surface area contributed by atoms with Crippen molar-refractivity contribution in [3.63, 3.8) is 0 Å². The molecule has 0 aliphatic carbocycles. The largest absolute Gasteiger partial charge is 0.478 e. The molecule has 40 heavy (non-hydrogen) atoms. The number of carboxylic acids is 1. The summed E-state index contributed by atoms with van der Waals surface area (Å²) in [4.78, 5) is 43.8. The molecule has 0 aromatic carbocycles. The van der Waals surface area contributed by atoms with Gasteiger partial charge in [-0.3, -0.25) is 19.7 Å². The lowest BCUT2D eigenvalue weighted by atomic mass is 10.0. The maximum atomic E-state index is 12.9. The zero-order valence-corrected chi connectivity index (χ0v) is 22.9. The summed E-state index contributed by atoms with van der Waals surface area (Å²) in [5, 5.41) is 23.7. The SMILES string of the molecule is Cc1ncc(C(=O)NCCN2CCCC2(C)C)cc1Nc1nn(C)c2nc(Nc3cncc(C(=O)O)c3)ncc12. The first-order valence-corrected chi connectivity index (χ1v) is 13.0. The molecule has 4 aromatic heterocycles. The highest BCUT2D eigenvalue weighted by molar-refractivity contribution is 5.96. The number of nitrogens with zero attached hydrogens (tertiary/aromatic N) is 7. The fourth-order valence-corrected chi connectivity index (χ4v) is 4.84. The molecule has 0 radical (unpaired) electrons. The first-order chi connectivity index (χ1) is 19.1. The van der Waals surface area contributed by atoms with Crippen LogP contribution in [0, 0.1) is 6.92 Å². The van der Waals surface area contributed by atoms with Crippen LogP contribution >= 0.6 is 0 Å². The molecule has 0 spiro atoms. The second-order valence-corrected chi connectivity index (χ2v) is 10.4. The van der Waals surface area contributed by atoms with Crippen molar-refractivity contribution in [2.45, 2.75) is 39.2 Å². The third kappa shape index (κ3) is 5.69. The van der Waals surface area contributed by atoms with Gasteiger partial charge in [-0.1, -0.05) is 0 Å². The van der Waals surface area contributed by atoms with E-state index in [0.717, 1.165) is 13.1 Å². The van der Waals surface area contributed by atoms with Gasteiger partial charge < -0.3 is 21.1 Å². The number of amides is 1. The molecule has 13 heteroatoms. The predicted molar refractivity (Wildman–Crippen MR) is 150 cm³/mol. The van der Waals surface area contributed by atoms with Crippen molar-refractivity contribution in [2.24, 2.45) is 7.05 Å². The molecular weight excluding hydrogens is 512 g/mol. The van der Waals surface area contributed by atoms with Crippen LogP contribution in [0.15, 0.2) is 36.9 Å². The Morgan fingerprint density at radius 1 is 1.07 bits per heavy atom. The smallest absolute Gasteiger partial charge is 0.337 e. The van der Waals surface area contributed by atoms with E-state index in [4.69, 9.17) is 0 Å². The van der Waals surface area contributed by atoms with Crippen molar-refractivity contribution in [3.8, 4) is 0 Å². The summed E-state index contributed by atoms with van der Waals surface area (Å²) in [6.07, 6.45) is 8.29. The molecule has 0 bridgehead atoms. The Morgan fingerprint density at radius 2 is 1.90 bits per heavy atom. The second-order valence-electron chi connectivity index (χ2n) is 10.4. The number of aromatic carboxylic acids is 1. The molecule has 13 nitrogen and oxygen atoms in total. The first-order valence-electron chi connectivity index (χ1n) is 13.0. The average molecular weight is 545 g/mol. The number of carbonyl (C=O) groups is 2. The molecule has 1 fully saturated rings. The number of hydrogen-bond acceptors (Lipinski definition) is 10. The minimum Gasteiger partial charge on any atom is -0.478 e. The van der Waals surface area contributed by atoms with Gasteiger partial charge in [-0.05, 0) is 52.3 Å². The van der Waals surface area contributed by atoms with Gasteiger partial charge in [0.05, 0.1) is 39.8 Å². The molecule has 0 saturated carbocycles. The predicted octanol–water partition coefficient (Wildman–Crippen LogP) is 3.25. The van der Waals surface area contributed by atoms with Crippen molar-refractivity contribution >= 4 is 46.1 Å². The lowest BCUT2D eigenvalue weighted by Crippen LogP contribution is -2.43. The van der Waals surface area contributed by atoms with Gasteiger partial charge in [0.15, 0.2) is 11.5 Å². The number of anilines is 4. The highest BCUT2D eigenvalue weighted by Gasteiger charge is 2.31. The van der Waals surface area contributed by atoms with Crippen LogP contribution < -0.4 is 16.0 Å². The molecule has 1 aliphatic rings. The highest BCUT2D eigenvalue weighted by atomic mass is 16.4. The average Bonchev–Trinajstić information content (AvgIpc) is 3.42. The summed E-state index contributed by atoms with van der Waals surface area (Å²) in [7, 11) is 1.76. The van der Waals surface area contributed by atoms with Crippen molar-refractivity contribution in [3.05, 3.63) is 53.7 Å². The number of aromatic nitrogens is 6. The quantitative estimate of drug-likeness (QED) is 0.245. The van der Waals surface area contributed by atoms with Crippen molar-refractivity contribution in [2.75, 3.05) is 30.3 Å². The van der Waals surface area contributed by atoms with Gasteiger partial charge in [-0.15, -0.1) is 0 Å². The minimum absolute atomic E-state index is 0.0496. The molecule has 5 rings (SSSR count). The van der Waals surface area contributed by atoms with Crippen molar-refractivity contribution in [1.82, 2.24) is 39.9 Å². The monoisotopic (exact) mass is 544 g/mol. The number of fused-ring (bicyclic) bond motifs is 1. The lowest BCUT2D eigenvalue weighted by molar-refractivity contribution is 0.0696. The van der Waals surface area contributed by atoms with E-state index >= 15 is 0 Å². The summed E-state index contributed by atoms with van der Waals surface area (Å²) in [5.74, 6) is -0.483. The summed E-state index contributed by atoms with van der Waals surface area (Å²) in [5.41, 5.74) is 3.02. The van der Waals surface area contributed by atoms with Gasteiger partial charge in [0.1, 0.15) is 0 Å². The number of pyridine rings is 2.